The van der Waals surface area contributed by atoms with E-state index in [1.165, 1.54) is 16.7 Å². The van der Waals surface area contributed by atoms with Crippen LogP contribution < -0.4 is 10.9 Å². The molecule has 2 rings (SSSR count). The van der Waals surface area contributed by atoms with Gasteiger partial charge in [-0.15, -0.1) is 0 Å². The summed E-state index contributed by atoms with van der Waals surface area (Å²) in [5.41, 5.74) is 0.463. The van der Waals surface area contributed by atoms with Crippen LogP contribution in [0.2, 0.25) is 0 Å². The van der Waals surface area contributed by atoms with Crippen LogP contribution in [0.15, 0.2) is 35.4 Å². The lowest BCUT2D eigenvalue weighted by atomic mass is 10.1. The zero-order chi connectivity index (χ0) is 12.5. The lowest BCUT2D eigenvalue weighted by molar-refractivity contribution is 0.727. The Morgan fingerprint density at radius 1 is 1.41 bits per heavy atom. The summed E-state index contributed by atoms with van der Waals surface area (Å²) in [6.45, 7) is 3.53. The number of nitrogens with one attached hydrogen (secondary N) is 1. The van der Waals surface area contributed by atoms with E-state index < -0.39 is 5.54 Å². The van der Waals surface area contributed by atoms with E-state index in [0.29, 0.717) is 11.3 Å². The van der Waals surface area contributed by atoms with Crippen molar-refractivity contribution >= 4 is 11.3 Å². The van der Waals surface area contributed by atoms with Crippen LogP contribution in [0.4, 0.5) is 5.69 Å². The molecule has 0 fully saturated rings. The number of anilines is 1. The normalized spacial score (nSPS) is 11.1. The van der Waals surface area contributed by atoms with Crippen LogP contribution in [-0.2, 0) is 0 Å². The molecule has 0 bridgehead atoms. The van der Waals surface area contributed by atoms with Gasteiger partial charge in [-0.2, -0.15) is 5.26 Å². The summed E-state index contributed by atoms with van der Waals surface area (Å²) in [5, 5.41) is 12.0. The number of aromatic nitrogens is 2. The first-order valence-corrected chi connectivity index (χ1v) is 5.19. The van der Waals surface area contributed by atoms with E-state index in [2.05, 4.69) is 16.4 Å². The van der Waals surface area contributed by atoms with Gasteiger partial charge in [0.2, 0.25) is 0 Å². The topological polar surface area (TPSA) is 70.2 Å². The minimum absolute atomic E-state index is 0.145. The Morgan fingerprint density at radius 3 is 2.88 bits per heavy atom. The van der Waals surface area contributed by atoms with Crippen molar-refractivity contribution in [3.05, 3.63) is 40.9 Å². The highest BCUT2D eigenvalue weighted by atomic mass is 16.1. The first-order valence-electron chi connectivity index (χ1n) is 5.19. The fraction of sp³-hybridized carbons (Fsp3) is 0.250. The van der Waals surface area contributed by atoms with Gasteiger partial charge in [0.15, 0.2) is 0 Å². The highest BCUT2D eigenvalue weighted by Crippen LogP contribution is 2.14. The van der Waals surface area contributed by atoms with Crippen molar-refractivity contribution in [2.45, 2.75) is 19.4 Å². The van der Waals surface area contributed by atoms with E-state index in [4.69, 9.17) is 5.26 Å². The zero-order valence-electron chi connectivity index (χ0n) is 9.64. The second kappa shape index (κ2) is 3.91. The summed E-state index contributed by atoms with van der Waals surface area (Å²) in [7, 11) is 0. The summed E-state index contributed by atoms with van der Waals surface area (Å²) in [6, 6.07) is 7.06. The quantitative estimate of drug-likeness (QED) is 0.843. The standard InChI is InChI=1S/C12H12N4O/c1-12(2,8-13)15-9-3-4-10-14-6-5-11(17)16(10)7-9/h3-7,15H,1-2H3. The number of hydrogen-bond acceptors (Lipinski definition) is 4. The summed E-state index contributed by atoms with van der Waals surface area (Å²) >= 11 is 0. The molecule has 0 amide bonds. The first-order chi connectivity index (χ1) is 8.02. The number of nitrogens with zero attached hydrogens (tertiary/aromatic N) is 3. The van der Waals surface area contributed by atoms with Crippen molar-refractivity contribution in [2.24, 2.45) is 0 Å². The summed E-state index contributed by atoms with van der Waals surface area (Å²) in [5.74, 6) is 0. The molecule has 0 saturated carbocycles. The highest BCUT2D eigenvalue weighted by molar-refractivity contribution is 5.51. The van der Waals surface area contributed by atoms with Gasteiger partial charge in [0.25, 0.3) is 5.56 Å². The molecule has 5 heteroatoms. The average molecular weight is 228 g/mol. The van der Waals surface area contributed by atoms with Crippen LogP contribution in [0.3, 0.4) is 0 Å². The van der Waals surface area contributed by atoms with Crippen molar-refractivity contribution in [3.8, 4) is 6.07 Å². The van der Waals surface area contributed by atoms with Gasteiger partial charge in [0.1, 0.15) is 11.2 Å². The molecule has 0 aliphatic rings. The van der Waals surface area contributed by atoms with Crippen LogP contribution in [0.5, 0.6) is 0 Å². The van der Waals surface area contributed by atoms with Crippen LogP contribution in [0.25, 0.3) is 5.65 Å². The van der Waals surface area contributed by atoms with E-state index >= 15 is 0 Å². The second-order valence-corrected chi connectivity index (χ2v) is 4.29. The molecular formula is C12H12N4O. The lowest BCUT2D eigenvalue weighted by Gasteiger charge is -2.19. The van der Waals surface area contributed by atoms with Gasteiger partial charge in [0, 0.05) is 18.5 Å². The van der Waals surface area contributed by atoms with E-state index in [1.54, 1.807) is 32.2 Å². The van der Waals surface area contributed by atoms with Gasteiger partial charge in [-0.25, -0.2) is 4.98 Å². The minimum atomic E-state index is -0.681. The largest absolute Gasteiger partial charge is 0.367 e. The summed E-state index contributed by atoms with van der Waals surface area (Å²) in [6.07, 6.45) is 3.12. The molecule has 2 heterocycles. The first kappa shape index (κ1) is 11.1. The maximum atomic E-state index is 11.6. The second-order valence-electron chi connectivity index (χ2n) is 4.29. The molecule has 0 unspecified atom stereocenters. The average Bonchev–Trinajstić information content (AvgIpc) is 2.30. The molecule has 86 valence electrons. The molecule has 17 heavy (non-hydrogen) atoms. The van der Waals surface area contributed by atoms with Crippen molar-refractivity contribution in [1.29, 1.82) is 5.26 Å². The van der Waals surface area contributed by atoms with Crippen molar-refractivity contribution < 1.29 is 0 Å². The van der Waals surface area contributed by atoms with E-state index in [1.807, 2.05) is 0 Å². The Hall–Kier alpha value is -2.35. The molecule has 0 saturated heterocycles. The van der Waals surface area contributed by atoms with E-state index in [9.17, 15) is 4.79 Å². The number of rotatable bonds is 2. The molecule has 2 aromatic rings. The van der Waals surface area contributed by atoms with Gasteiger partial charge >= 0.3 is 0 Å². The summed E-state index contributed by atoms with van der Waals surface area (Å²) in [4.78, 5) is 15.7. The number of pyridine rings is 1. The van der Waals surface area contributed by atoms with Gasteiger partial charge in [-0.1, -0.05) is 0 Å². The molecule has 0 aliphatic carbocycles. The van der Waals surface area contributed by atoms with Gasteiger partial charge in [-0.3, -0.25) is 9.20 Å². The third-order valence-electron chi connectivity index (χ3n) is 2.32. The molecule has 0 radical (unpaired) electrons. The molecule has 0 aromatic carbocycles. The number of hydrogen-bond donors (Lipinski definition) is 1. The Kier molecular flexibility index (Phi) is 2.56. The predicted octanol–water partition coefficient (Wildman–Crippen LogP) is 1.41. The Bertz CT molecular complexity index is 651. The van der Waals surface area contributed by atoms with Crippen molar-refractivity contribution in [2.75, 3.05) is 5.32 Å². The van der Waals surface area contributed by atoms with E-state index in [0.717, 1.165) is 0 Å². The molecule has 2 aromatic heterocycles. The SMILES string of the molecule is CC(C)(C#N)Nc1ccc2nccc(=O)n2c1. The van der Waals surface area contributed by atoms with Gasteiger partial charge < -0.3 is 5.32 Å². The maximum absolute atomic E-state index is 11.6. The molecule has 0 atom stereocenters. The fourth-order valence-corrected chi connectivity index (χ4v) is 1.50. The Labute approximate surface area is 98.3 Å². The fourth-order valence-electron chi connectivity index (χ4n) is 1.50. The van der Waals surface area contributed by atoms with E-state index in [-0.39, 0.29) is 5.56 Å². The van der Waals surface area contributed by atoms with Gasteiger partial charge in [0.05, 0.1) is 11.8 Å². The predicted molar refractivity (Wildman–Crippen MR) is 64.8 cm³/mol. The maximum Gasteiger partial charge on any atom is 0.257 e. The Balaban J connectivity index is 2.49. The zero-order valence-corrected chi connectivity index (χ0v) is 9.64. The van der Waals surface area contributed by atoms with Crippen LogP contribution in [0.1, 0.15) is 13.8 Å². The summed E-state index contributed by atoms with van der Waals surface area (Å²) < 4.78 is 1.44. The van der Waals surface area contributed by atoms with Crippen LogP contribution in [0, 0.1) is 11.3 Å². The molecule has 1 N–H and O–H groups in total. The smallest absolute Gasteiger partial charge is 0.257 e. The number of nitriles is 1. The van der Waals surface area contributed by atoms with Crippen LogP contribution in [-0.4, -0.2) is 14.9 Å². The minimum Gasteiger partial charge on any atom is -0.367 e. The Morgan fingerprint density at radius 2 is 2.18 bits per heavy atom. The van der Waals surface area contributed by atoms with Gasteiger partial charge in [-0.05, 0) is 26.0 Å². The highest BCUT2D eigenvalue weighted by Gasteiger charge is 2.15. The van der Waals surface area contributed by atoms with Crippen molar-refractivity contribution in [3.63, 3.8) is 0 Å². The number of fused-ring (bicyclic) bond motifs is 1. The molecule has 0 aliphatic heterocycles. The third kappa shape index (κ3) is 2.26. The molecule has 5 nitrogen and oxygen atoms in total. The van der Waals surface area contributed by atoms with Crippen LogP contribution >= 0.6 is 0 Å². The lowest BCUT2D eigenvalue weighted by Crippen LogP contribution is -2.28. The monoisotopic (exact) mass is 228 g/mol. The molecule has 0 spiro atoms. The van der Waals surface area contributed by atoms with Crippen molar-refractivity contribution in [1.82, 2.24) is 9.38 Å². The molecular weight excluding hydrogens is 216 g/mol. The third-order valence-corrected chi connectivity index (χ3v) is 2.32.